The quantitative estimate of drug-likeness (QED) is 0.307. The maximum absolute atomic E-state index is 13.4. The van der Waals surface area contributed by atoms with Gasteiger partial charge < -0.3 is 19.2 Å². The third kappa shape index (κ3) is 6.46. The second kappa shape index (κ2) is 11.7. The van der Waals surface area contributed by atoms with Crippen LogP contribution in [0.5, 0.6) is 5.88 Å². The van der Waals surface area contributed by atoms with Crippen LogP contribution in [0.4, 0.5) is 5.13 Å². The fourth-order valence-electron chi connectivity index (χ4n) is 4.52. The molecule has 6 rings (SSSR count). The molecule has 3 fully saturated rings. The molecular weight excluding hydrogens is 538 g/mol. The van der Waals surface area contributed by atoms with Gasteiger partial charge in [0.15, 0.2) is 16.9 Å². The Kier molecular flexibility index (Phi) is 7.87. The summed E-state index contributed by atoms with van der Waals surface area (Å²) in [6.45, 7) is 3.05. The minimum Gasteiger partial charge on any atom is -0.474 e. The molecule has 1 aromatic carbocycles. The molecule has 1 unspecified atom stereocenters. The molecule has 0 bridgehead atoms. The van der Waals surface area contributed by atoms with Crippen molar-refractivity contribution >= 4 is 49.2 Å². The van der Waals surface area contributed by atoms with Gasteiger partial charge in [0.25, 0.3) is 5.91 Å². The second-order valence-corrected chi connectivity index (χ2v) is 12.8. The van der Waals surface area contributed by atoms with E-state index in [1.54, 1.807) is 24.3 Å². The minimum absolute atomic E-state index is 0.115. The van der Waals surface area contributed by atoms with Crippen LogP contribution in [0.25, 0.3) is 10.3 Å². The van der Waals surface area contributed by atoms with E-state index < -0.39 is 16.7 Å². The SMILES string of the molecule is CN1CCC(Oc2ccc3nc(NC(=O)/C(=N/O[C@@H]4CCOC4)c4ccc(S(=O)C5CC5)cc4)sc3n2)CC1. The molecule has 2 aromatic heterocycles. The number of pyridine rings is 1. The number of benzene rings is 1. The molecule has 2 aliphatic heterocycles. The predicted octanol–water partition coefficient (Wildman–Crippen LogP) is 3.58. The Morgan fingerprint density at radius 3 is 2.59 bits per heavy atom. The van der Waals surface area contributed by atoms with Crippen molar-refractivity contribution in [3.63, 3.8) is 0 Å². The van der Waals surface area contributed by atoms with Gasteiger partial charge in [-0.1, -0.05) is 28.6 Å². The standard InChI is InChI=1S/C27H31N5O5S2/c1-32-13-10-18(11-14-32)36-23-9-8-22-26(29-23)38-27(28-22)30-25(33)24(31-37-19-12-15-35-16-19)17-2-4-20(5-3-17)39(34)21-6-7-21/h2-5,8-9,18-19,21H,6-7,10-16H2,1H3,(H,28,30,33)/b31-24+/t19-,39?/m1/s1. The fourth-order valence-corrected chi connectivity index (χ4v) is 6.70. The molecule has 3 aromatic rings. The molecule has 1 aliphatic carbocycles. The Balaban J connectivity index is 1.18. The number of rotatable bonds is 9. The van der Waals surface area contributed by atoms with E-state index in [1.807, 2.05) is 12.1 Å². The van der Waals surface area contributed by atoms with E-state index in [4.69, 9.17) is 14.3 Å². The smallest absolute Gasteiger partial charge is 0.280 e. The van der Waals surface area contributed by atoms with Crippen molar-refractivity contribution in [1.82, 2.24) is 14.9 Å². The number of aromatic nitrogens is 2. The lowest BCUT2D eigenvalue weighted by Gasteiger charge is -2.28. The van der Waals surface area contributed by atoms with Gasteiger partial charge in [0.1, 0.15) is 16.5 Å². The van der Waals surface area contributed by atoms with Crippen LogP contribution in [-0.4, -0.2) is 81.5 Å². The number of hydrogen-bond acceptors (Lipinski definition) is 10. The summed E-state index contributed by atoms with van der Waals surface area (Å²) in [7, 11) is 1.09. The lowest BCUT2D eigenvalue weighted by Crippen LogP contribution is -2.35. The molecule has 1 saturated carbocycles. The molecule has 39 heavy (non-hydrogen) atoms. The summed E-state index contributed by atoms with van der Waals surface area (Å²) in [6.07, 6.45) is 4.57. The Bertz CT molecular complexity index is 1380. The fraction of sp³-hybridized carbons (Fsp3) is 0.481. The van der Waals surface area contributed by atoms with Crippen LogP contribution < -0.4 is 10.1 Å². The summed E-state index contributed by atoms with van der Waals surface area (Å²) in [4.78, 5) is 31.9. The van der Waals surface area contributed by atoms with Crippen molar-refractivity contribution in [1.29, 1.82) is 0 Å². The number of ether oxygens (including phenoxy) is 2. The lowest BCUT2D eigenvalue weighted by molar-refractivity contribution is -0.110. The summed E-state index contributed by atoms with van der Waals surface area (Å²) >= 11 is 1.28. The van der Waals surface area contributed by atoms with E-state index in [0.29, 0.717) is 46.6 Å². The Hall–Kier alpha value is -2.93. The van der Waals surface area contributed by atoms with Crippen molar-refractivity contribution in [2.24, 2.45) is 5.16 Å². The first-order chi connectivity index (χ1) is 19.0. The van der Waals surface area contributed by atoms with Gasteiger partial charge in [0.05, 0.1) is 24.0 Å². The second-order valence-electron chi connectivity index (χ2n) is 10.1. The minimum atomic E-state index is -1.02. The van der Waals surface area contributed by atoms with E-state index in [2.05, 4.69) is 32.4 Å². The van der Waals surface area contributed by atoms with Crippen LogP contribution >= 0.6 is 11.3 Å². The van der Waals surface area contributed by atoms with Crippen molar-refractivity contribution in [2.45, 2.75) is 54.5 Å². The third-order valence-electron chi connectivity index (χ3n) is 6.99. The Labute approximate surface area is 233 Å². The molecule has 2 saturated heterocycles. The van der Waals surface area contributed by atoms with Gasteiger partial charge in [0, 0.05) is 41.3 Å². The summed E-state index contributed by atoms with van der Waals surface area (Å²) in [5, 5.41) is 7.72. The number of piperidine rings is 1. The number of carbonyl (C=O) groups is 1. The topological polar surface area (TPSA) is 115 Å². The number of likely N-dealkylation sites (tertiary alicyclic amines) is 1. The van der Waals surface area contributed by atoms with Gasteiger partial charge in [-0.15, -0.1) is 0 Å². The monoisotopic (exact) mass is 569 g/mol. The van der Waals surface area contributed by atoms with Crippen molar-refractivity contribution in [3.8, 4) is 5.88 Å². The molecule has 206 valence electrons. The van der Waals surface area contributed by atoms with E-state index in [0.717, 1.165) is 43.7 Å². The molecule has 1 amide bonds. The molecule has 4 heterocycles. The predicted molar refractivity (Wildman–Crippen MR) is 150 cm³/mol. The van der Waals surface area contributed by atoms with Crippen molar-refractivity contribution < 1.29 is 23.3 Å². The molecule has 10 nitrogen and oxygen atoms in total. The zero-order valence-electron chi connectivity index (χ0n) is 21.7. The van der Waals surface area contributed by atoms with E-state index in [9.17, 15) is 9.00 Å². The molecule has 12 heteroatoms. The van der Waals surface area contributed by atoms with Gasteiger partial charge in [-0.2, -0.15) is 0 Å². The molecule has 3 aliphatic rings. The number of anilines is 1. The average Bonchev–Trinajstić information content (AvgIpc) is 3.51. The number of thiazole rings is 1. The van der Waals surface area contributed by atoms with Crippen LogP contribution in [0.2, 0.25) is 0 Å². The third-order valence-corrected chi connectivity index (χ3v) is 9.68. The van der Waals surface area contributed by atoms with Crippen LogP contribution in [0.15, 0.2) is 46.4 Å². The van der Waals surface area contributed by atoms with E-state index in [1.165, 1.54) is 11.3 Å². The van der Waals surface area contributed by atoms with Crippen LogP contribution in [0.3, 0.4) is 0 Å². The highest BCUT2D eigenvalue weighted by molar-refractivity contribution is 7.86. The maximum atomic E-state index is 13.4. The highest BCUT2D eigenvalue weighted by Gasteiger charge is 2.29. The van der Waals surface area contributed by atoms with Gasteiger partial charge >= 0.3 is 0 Å². The first-order valence-electron chi connectivity index (χ1n) is 13.3. The van der Waals surface area contributed by atoms with E-state index in [-0.39, 0.29) is 23.2 Å². The Morgan fingerprint density at radius 1 is 1.08 bits per heavy atom. The zero-order valence-corrected chi connectivity index (χ0v) is 23.3. The first kappa shape index (κ1) is 26.3. The summed E-state index contributed by atoms with van der Waals surface area (Å²) in [5.41, 5.74) is 1.36. The normalized spacial score (nSPS) is 21.7. The highest BCUT2D eigenvalue weighted by Crippen LogP contribution is 2.31. The van der Waals surface area contributed by atoms with E-state index >= 15 is 0 Å². The number of nitrogens with zero attached hydrogens (tertiary/aromatic N) is 4. The molecule has 0 spiro atoms. The van der Waals surface area contributed by atoms with Crippen LogP contribution in [0.1, 0.15) is 37.7 Å². The Morgan fingerprint density at radius 2 is 1.87 bits per heavy atom. The number of fused-ring (bicyclic) bond motifs is 1. The highest BCUT2D eigenvalue weighted by atomic mass is 32.2. The number of amides is 1. The summed E-state index contributed by atoms with van der Waals surface area (Å²) in [5.74, 6) is 0.114. The van der Waals surface area contributed by atoms with Gasteiger partial charge in [-0.3, -0.25) is 14.3 Å². The van der Waals surface area contributed by atoms with Gasteiger partial charge in [0.2, 0.25) is 5.88 Å². The molecule has 1 N–H and O–H groups in total. The van der Waals surface area contributed by atoms with Crippen LogP contribution in [-0.2, 0) is 25.2 Å². The number of hydrogen-bond donors (Lipinski definition) is 1. The first-order valence-corrected chi connectivity index (χ1v) is 15.3. The largest absolute Gasteiger partial charge is 0.474 e. The number of nitrogens with one attached hydrogen (secondary N) is 1. The molecule has 0 radical (unpaired) electrons. The number of carbonyl (C=O) groups excluding carboxylic acids is 1. The zero-order chi connectivity index (χ0) is 26.8. The van der Waals surface area contributed by atoms with Gasteiger partial charge in [-0.25, -0.2) is 9.97 Å². The van der Waals surface area contributed by atoms with Crippen molar-refractivity contribution in [2.75, 3.05) is 38.7 Å². The van der Waals surface area contributed by atoms with Crippen molar-refractivity contribution in [3.05, 3.63) is 42.0 Å². The summed E-state index contributed by atoms with van der Waals surface area (Å²) < 4.78 is 24.0. The lowest BCUT2D eigenvalue weighted by atomic mass is 10.1. The van der Waals surface area contributed by atoms with Gasteiger partial charge in [-0.05, 0) is 50.9 Å². The summed E-state index contributed by atoms with van der Waals surface area (Å²) in [6, 6.07) is 10.8. The number of oxime groups is 1. The average molecular weight is 570 g/mol. The van der Waals surface area contributed by atoms with Crippen LogP contribution in [0, 0.1) is 0 Å². The molecule has 2 atom stereocenters. The maximum Gasteiger partial charge on any atom is 0.280 e. The molecular formula is C27H31N5O5S2.